The molecule has 0 amide bonds. The van der Waals surface area contributed by atoms with Crippen molar-refractivity contribution < 1.29 is 4.74 Å². The van der Waals surface area contributed by atoms with E-state index >= 15 is 0 Å². The first-order valence-electron chi connectivity index (χ1n) is 6.96. The summed E-state index contributed by atoms with van der Waals surface area (Å²) in [6.07, 6.45) is 2.75. The van der Waals surface area contributed by atoms with E-state index in [2.05, 4.69) is 37.9 Å². The number of hydrogen-bond acceptors (Lipinski definition) is 3. The van der Waals surface area contributed by atoms with Gasteiger partial charge in [-0.15, -0.1) is 0 Å². The second-order valence-electron chi connectivity index (χ2n) is 7.14. The van der Waals surface area contributed by atoms with Crippen LogP contribution in [0.3, 0.4) is 0 Å². The molecule has 1 heterocycles. The van der Waals surface area contributed by atoms with Gasteiger partial charge in [-0.05, 0) is 32.1 Å². The highest BCUT2D eigenvalue weighted by molar-refractivity contribution is 4.87. The quantitative estimate of drug-likeness (QED) is 0.794. The summed E-state index contributed by atoms with van der Waals surface area (Å²) in [6, 6.07) is 0.815. The molecule has 0 aromatic carbocycles. The van der Waals surface area contributed by atoms with Crippen LogP contribution in [0.2, 0.25) is 0 Å². The Morgan fingerprint density at radius 2 is 2.06 bits per heavy atom. The standard InChI is InChI=1S/C14H28N2O/c1-13(2,9-15-12-5-6-12)10-16-7-8-17-14(3,4)11-16/h12,15H,5-11H2,1-4H3. The van der Waals surface area contributed by atoms with Crippen LogP contribution in [0.1, 0.15) is 40.5 Å². The van der Waals surface area contributed by atoms with E-state index in [1.807, 2.05) is 0 Å². The van der Waals surface area contributed by atoms with Gasteiger partial charge >= 0.3 is 0 Å². The van der Waals surface area contributed by atoms with Crippen molar-refractivity contribution in [3.8, 4) is 0 Å². The third-order valence-electron chi connectivity index (χ3n) is 3.60. The zero-order valence-corrected chi connectivity index (χ0v) is 11.9. The summed E-state index contributed by atoms with van der Waals surface area (Å²) in [5, 5.41) is 3.65. The lowest BCUT2D eigenvalue weighted by Crippen LogP contribution is -2.52. The summed E-state index contributed by atoms with van der Waals surface area (Å²) in [4.78, 5) is 2.55. The van der Waals surface area contributed by atoms with Crippen LogP contribution in [0, 0.1) is 5.41 Å². The molecule has 2 aliphatic rings. The first-order chi connectivity index (χ1) is 7.86. The van der Waals surface area contributed by atoms with Crippen LogP contribution >= 0.6 is 0 Å². The molecule has 0 aromatic heterocycles. The van der Waals surface area contributed by atoms with Gasteiger partial charge in [0.2, 0.25) is 0 Å². The van der Waals surface area contributed by atoms with Crippen molar-refractivity contribution in [2.45, 2.75) is 52.2 Å². The normalized spacial score (nSPS) is 26.1. The molecule has 1 saturated heterocycles. The minimum absolute atomic E-state index is 0.0260. The Morgan fingerprint density at radius 3 is 2.65 bits per heavy atom. The van der Waals surface area contributed by atoms with E-state index in [9.17, 15) is 0 Å². The molecule has 0 radical (unpaired) electrons. The van der Waals surface area contributed by atoms with Crippen LogP contribution in [0.5, 0.6) is 0 Å². The third-order valence-corrected chi connectivity index (χ3v) is 3.60. The van der Waals surface area contributed by atoms with E-state index in [1.165, 1.54) is 19.4 Å². The number of ether oxygens (including phenoxy) is 1. The molecular weight excluding hydrogens is 212 g/mol. The fraction of sp³-hybridized carbons (Fsp3) is 1.00. The monoisotopic (exact) mass is 240 g/mol. The molecule has 100 valence electrons. The molecule has 1 aliphatic heterocycles. The number of nitrogens with zero attached hydrogens (tertiary/aromatic N) is 1. The smallest absolute Gasteiger partial charge is 0.0753 e. The summed E-state index contributed by atoms with van der Waals surface area (Å²) in [7, 11) is 0. The Kier molecular flexibility index (Phi) is 3.81. The summed E-state index contributed by atoms with van der Waals surface area (Å²) in [5.74, 6) is 0. The maximum absolute atomic E-state index is 5.76. The van der Waals surface area contributed by atoms with Crippen molar-refractivity contribution in [3.05, 3.63) is 0 Å². The van der Waals surface area contributed by atoms with E-state index in [-0.39, 0.29) is 5.60 Å². The van der Waals surface area contributed by atoms with Crippen LogP contribution in [-0.4, -0.2) is 49.3 Å². The van der Waals surface area contributed by atoms with Gasteiger partial charge in [0.1, 0.15) is 0 Å². The zero-order chi connectivity index (χ0) is 12.5. The SMILES string of the molecule is CC(C)(CNC1CC1)CN1CCOC(C)(C)C1. The predicted octanol–water partition coefficient (Wildman–Crippen LogP) is 1.88. The summed E-state index contributed by atoms with van der Waals surface area (Å²) in [5.41, 5.74) is 0.383. The van der Waals surface area contributed by atoms with Gasteiger partial charge in [0.15, 0.2) is 0 Å². The lowest BCUT2D eigenvalue weighted by molar-refractivity contribution is -0.0925. The number of morpholine rings is 1. The molecule has 2 fully saturated rings. The van der Waals surface area contributed by atoms with Crippen molar-refractivity contribution in [3.63, 3.8) is 0 Å². The maximum atomic E-state index is 5.76. The average molecular weight is 240 g/mol. The molecule has 2 rings (SSSR count). The number of rotatable bonds is 5. The van der Waals surface area contributed by atoms with Gasteiger partial charge in [-0.2, -0.15) is 0 Å². The average Bonchev–Trinajstić information content (AvgIpc) is 2.95. The largest absolute Gasteiger partial charge is 0.373 e. The zero-order valence-electron chi connectivity index (χ0n) is 11.9. The first-order valence-corrected chi connectivity index (χ1v) is 6.96. The van der Waals surface area contributed by atoms with Gasteiger partial charge in [-0.1, -0.05) is 13.8 Å². The predicted molar refractivity (Wildman–Crippen MR) is 71.3 cm³/mol. The summed E-state index contributed by atoms with van der Waals surface area (Å²) in [6.45, 7) is 14.4. The van der Waals surface area contributed by atoms with Crippen LogP contribution in [-0.2, 0) is 4.74 Å². The molecule has 0 bridgehead atoms. The molecule has 1 aliphatic carbocycles. The minimum Gasteiger partial charge on any atom is -0.373 e. The van der Waals surface area contributed by atoms with E-state index in [1.54, 1.807) is 0 Å². The van der Waals surface area contributed by atoms with Gasteiger partial charge < -0.3 is 10.1 Å². The van der Waals surface area contributed by atoms with Gasteiger partial charge in [0.05, 0.1) is 12.2 Å². The van der Waals surface area contributed by atoms with E-state index < -0.39 is 0 Å². The van der Waals surface area contributed by atoms with Crippen molar-refractivity contribution in [1.82, 2.24) is 10.2 Å². The van der Waals surface area contributed by atoms with Crippen molar-refractivity contribution >= 4 is 0 Å². The fourth-order valence-corrected chi connectivity index (χ4v) is 2.62. The van der Waals surface area contributed by atoms with Gasteiger partial charge in [0, 0.05) is 32.2 Å². The molecule has 1 N–H and O–H groups in total. The highest BCUT2D eigenvalue weighted by Gasteiger charge is 2.31. The van der Waals surface area contributed by atoms with Crippen LogP contribution < -0.4 is 5.32 Å². The minimum atomic E-state index is 0.0260. The molecule has 0 aromatic rings. The Balaban J connectivity index is 1.77. The number of nitrogens with one attached hydrogen (secondary N) is 1. The lowest BCUT2D eigenvalue weighted by Gasteiger charge is -2.41. The molecule has 3 heteroatoms. The highest BCUT2D eigenvalue weighted by atomic mass is 16.5. The molecule has 0 atom stereocenters. The van der Waals surface area contributed by atoms with Crippen molar-refractivity contribution in [2.24, 2.45) is 5.41 Å². The Hall–Kier alpha value is -0.120. The molecule has 0 unspecified atom stereocenters. The topological polar surface area (TPSA) is 24.5 Å². The maximum Gasteiger partial charge on any atom is 0.0753 e. The third kappa shape index (κ3) is 4.57. The van der Waals surface area contributed by atoms with Crippen molar-refractivity contribution in [2.75, 3.05) is 32.8 Å². The van der Waals surface area contributed by atoms with Crippen LogP contribution in [0.4, 0.5) is 0 Å². The lowest BCUT2D eigenvalue weighted by atomic mass is 9.91. The molecule has 0 spiro atoms. The number of hydrogen-bond donors (Lipinski definition) is 1. The Labute approximate surface area is 106 Å². The first kappa shape index (κ1) is 13.3. The summed E-state index contributed by atoms with van der Waals surface area (Å²) < 4.78 is 5.76. The van der Waals surface area contributed by atoms with E-state index in [0.29, 0.717) is 5.41 Å². The highest BCUT2D eigenvalue weighted by Crippen LogP contribution is 2.24. The molecular formula is C14H28N2O. The van der Waals surface area contributed by atoms with Gasteiger partial charge in [-0.3, -0.25) is 4.90 Å². The molecule has 17 heavy (non-hydrogen) atoms. The van der Waals surface area contributed by atoms with Crippen molar-refractivity contribution in [1.29, 1.82) is 0 Å². The second kappa shape index (κ2) is 4.87. The Bertz CT molecular complexity index is 259. The summed E-state index contributed by atoms with van der Waals surface area (Å²) >= 11 is 0. The Morgan fingerprint density at radius 1 is 1.35 bits per heavy atom. The van der Waals surface area contributed by atoms with Crippen LogP contribution in [0.15, 0.2) is 0 Å². The second-order valence-corrected chi connectivity index (χ2v) is 7.14. The fourth-order valence-electron chi connectivity index (χ4n) is 2.62. The molecule has 3 nitrogen and oxygen atoms in total. The van der Waals surface area contributed by atoms with Crippen LogP contribution in [0.25, 0.3) is 0 Å². The van der Waals surface area contributed by atoms with Gasteiger partial charge in [-0.25, -0.2) is 0 Å². The van der Waals surface area contributed by atoms with Gasteiger partial charge in [0.25, 0.3) is 0 Å². The molecule has 1 saturated carbocycles. The van der Waals surface area contributed by atoms with E-state index in [4.69, 9.17) is 4.74 Å². The van der Waals surface area contributed by atoms with E-state index in [0.717, 1.165) is 32.3 Å².